The van der Waals surface area contributed by atoms with Gasteiger partial charge in [0.1, 0.15) is 5.69 Å². The van der Waals surface area contributed by atoms with Crippen molar-refractivity contribution in [1.82, 2.24) is 19.7 Å². The maximum absolute atomic E-state index is 4.65. The van der Waals surface area contributed by atoms with Crippen molar-refractivity contribution in [2.45, 2.75) is 26.7 Å². The molecule has 0 unspecified atom stereocenters. The van der Waals surface area contributed by atoms with Crippen LogP contribution in [0.2, 0.25) is 0 Å². The number of imidazole rings is 1. The fraction of sp³-hybridized carbons (Fsp3) is 0.333. The fourth-order valence-corrected chi connectivity index (χ4v) is 2.32. The maximum Gasteiger partial charge on any atom is 0.156 e. The zero-order valence-electron chi connectivity index (χ0n) is 11.6. The van der Waals surface area contributed by atoms with Gasteiger partial charge in [-0.3, -0.25) is 4.68 Å². The Labute approximate surface area is 112 Å². The zero-order valence-corrected chi connectivity index (χ0v) is 11.6. The van der Waals surface area contributed by atoms with Crippen molar-refractivity contribution in [2.24, 2.45) is 7.05 Å². The van der Waals surface area contributed by atoms with E-state index in [4.69, 9.17) is 0 Å². The minimum Gasteiger partial charge on any atom is -0.337 e. The third kappa shape index (κ3) is 2.03. The van der Waals surface area contributed by atoms with Crippen molar-refractivity contribution in [3.05, 3.63) is 35.5 Å². The van der Waals surface area contributed by atoms with E-state index in [2.05, 4.69) is 53.2 Å². The Balaban J connectivity index is 2.11. The Hall–Kier alpha value is -2.10. The number of benzene rings is 1. The molecule has 3 aromatic rings. The zero-order chi connectivity index (χ0) is 13.4. The molecule has 0 amide bonds. The molecule has 2 heterocycles. The smallest absolute Gasteiger partial charge is 0.156 e. The minimum absolute atomic E-state index is 0.887. The van der Waals surface area contributed by atoms with Gasteiger partial charge in [-0.25, -0.2) is 4.98 Å². The highest BCUT2D eigenvalue weighted by atomic mass is 15.3. The molecule has 2 aromatic heterocycles. The first-order chi connectivity index (χ1) is 9.21. The Kier molecular flexibility index (Phi) is 2.85. The number of H-pyrrole nitrogens is 1. The van der Waals surface area contributed by atoms with Gasteiger partial charge in [0, 0.05) is 7.05 Å². The minimum atomic E-state index is 0.887. The third-order valence-corrected chi connectivity index (χ3v) is 3.49. The first kappa shape index (κ1) is 12.0. The van der Waals surface area contributed by atoms with E-state index < -0.39 is 0 Å². The van der Waals surface area contributed by atoms with E-state index in [1.807, 2.05) is 11.7 Å². The van der Waals surface area contributed by atoms with Gasteiger partial charge in [0.05, 0.1) is 16.7 Å². The lowest BCUT2D eigenvalue weighted by molar-refractivity contribution is 0.749. The summed E-state index contributed by atoms with van der Waals surface area (Å²) in [5.74, 6) is 0.887. The van der Waals surface area contributed by atoms with Gasteiger partial charge in [-0.15, -0.1) is 0 Å². The van der Waals surface area contributed by atoms with Crippen LogP contribution in [0.3, 0.4) is 0 Å². The summed E-state index contributed by atoms with van der Waals surface area (Å²) in [6, 6.07) is 8.47. The maximum atomic E-state index is 4.65. The number of nitrogens with one attached hydrogen (secondary N) is 1. The number of hydrogen-bond donors (Lipinski definition) is 1. The van der Waals surface area contributed by atoms with Crippen LogP contribution in [0.1, 0.15) is 25.1 Å². The normalized spacial score (nSPS) is 11.3. The lowest BCUT2D eigenvalue weighted by Crippen LogP contribution is -1.95. The Morgan fingerprint density at radius 3 is 2.68 bits per heavy atom. The number of nitrogens with zero attached hydrogens (tertiary/aromatic N) is 3. The molecule has 4 nitrogen and oxygen atoms in total. The highest BCUT2D eigenvalue weighted by Gasteiger charge is 2.11. The van der Waals surface area contributed by atoms with E-state index in [1.165, 1.54) is 5.56 Å². The van der Waals surface area contributed by atoms with Gasteiger partial charge < -0.3 is 4.98 Å². The second kappa shape index (κ2) is 4.53. The van der Waals surface area contributed by atoms with Crippen LogP contribution in [0.4, 0.5) is 0 Å². The molecule has 0 aliphatic heterocycles. The molecular formula is C15H18N4. The van der Waals surface area contributed by atoms with Gasteiger partial charge in [-0.05, 0) is 36.6 Å². The number of rotatable bonds is 3. The van der Waals surface area contributed by atoms with Crippen molar-refractivity contribution in [3.63, 3.8) is 0 Å². The summed E-state index contributed by atoms with van der Waals surface area (Å²) in [6.07, 6.45) is 1.98. The summed E-state index contributed by atoms with van der Waals surface area (Å²) in [6.45, 7) is 4.27. The van der Waals surface area contributed by atoms with Crippen molar-refractivity contribution in [3.8, 4) is 11.5 Å². The van der Waals surface area contributed by atoms with Crippen molar-refractivity contribution in [1.29, 1.82) is 0 Å². The van der Waals surface area contributed by atoms with Gasteiger partial charge in [0.15, 0.2) is 5.82 Å². The molecule has 0 aliphatic rings. The number of fused-ring (bicyclic) bond motifs is 1. The lowest BCUT2D eigenvalue weighted by atomic mass is 10.1. The third-order valence-electron chi connectivity index (χ3n) is 3.49. The molecule has 0 aliphatic carbocycles. The van der Waals surface area contributed by atoms with Crippen molar-refractivity contribution >= 4 is 11.0 Å². The molecule has 0 saturated carbocycles. The molecule has 1 N–H and O–H groups in total. The van der Waals surface area contributed by atoms with Gasteiger partial charge in [-0.1, -0.05) is 19.9 Å². The van der Waals surface area contributed by atoms with Crippen LogP contribution in [-0.4, -0.2) is 19.7 Å². The molecule has 19 heavy (non-hydrogen) atoms. The van der Waals surface area contributed by atoms with Crippen molar-refractivity contribution in [2.75, 3.05) is 0 Å². The van der Waals surface area contributed by atoms with Gasteiger partial charge in [0.2, 0.25) is 0 Å². The summed E-state index contributed by atoms with van der Waals surface area (Å²) >= 11 is 0. The molecule has 1 aromatic carbocycles. The van der Waals surface area contributed by atoms with Crippen LogP contribution in [0, 0.1) is 0 Å². The van der Waals surface area contributed by atoms with Crippen LogP contribution >= 0.6 is 0 Å². The topological polar surface area (TPSA) is 46.5 Å². The van der Waals surface area contributed by atoms with E-state index in [9.17, 15) is 0 Å². The standard InChI is InChI=1S/C15H18N4/c1-4-10-6-7-12-13(8-10)17-15(16-12)14-9-11(5-2)18-19(14)3/h6-9H,4-5H2,1-3H3,(H,16,17). The molecule has 3 rings (SSSR count). The van der Waals surface area contributed by atoms with Gasteiger partial charge >= 0.3 is 0 Å². The number of aromatic amines is 1. The highest BCUT2D eigenvalue weighted by molar-refractivity contribution is 5.79. The molecule has 98 valence electrons. The van der Waals surface area contributed by atoms with Crippen LogP contribution < -0.4 is 0 Å². The first-order valence-corrected chi connectivity index (χ1v) is 6.73. The quantitative estimate of drug-likeness (QED) is 0.780. The Morgan fingerprint density at radius 2 is 2.00 bits per heavy atom. The van der Waals surface area contributed by atoms with Crippen molar-refractivity contribution < 1.29 is 0 Å². The molecule has 0 radical (unpaired) electrons. The summed E-state index contributed by atoms with van der Waals surface area (Å²) in [5, 5.41) is 4.47. The second-order valence-electron chi connectivity index (χ2n) is 4.79. The Bertz CT molecular complexity index is 721. The fourth-order valence-electron chi connectivity index (χ4n) is 2.32. The molecule has 0 fully saturated rings. The monoisotopic (exact) mass is 254 g/mol. The Morgan fingerprint density at radius 1 is 1.16 bits per heavy atom. The van der Waals surface area contributed by atoms with E-state index in [1.54, 1.807) is 0 Å². The van der Waals surface area contributed by atoms with E-state index in [0.29, 0.717) is 0 Å². The van der Waals surface area contributed by atoms with Crippen LogP contribution in [0.25, 0.3) is 22.6 Å². The van der Waals surface area contributed by atoms with Crippen LogP contribution in [0.15, 0.2) is 24.3 Å². The molecule has 0 saturated heterocycles. The lowest BCUT2D eigenvalue weighted by Gasteiger charge is -1.95. The largest absolute Gasteiger partial charge is 0.337 e. The number of aromatic nitrogens is 4. The predicted octanol–water partition coefficient (Wildman–Crippen LogP) is 3.09. The molecule has 4 heteroatoms. The molecule has 0 bridgehead atoms. The van der Waals surface area contributed by atoms with Crippen LogP contribution in [-0.2, 0) is 19.9 Å². The number of hydrogen-bond acceptors (Lipinski definition) is 2. The summed E-state index contributed by atoms with van der Waals surface area (Å²) < 4.78 is 1.89. The molecule has 0 spiro atoms. The summed E-state index contributed by atoms with van der Waals surface area (Å²) in [5.41, 5.74) is 5.54. The molecular weight excluding hydrogens is 236 g/mol. The van der Waals surface area contributed by atoms with E-state index in [-0.39, 0.29) is 0 Å². The van der Waals surface area contributed by atoms with Crippen LogP contribution in [0.5, 0.6) is 0 Å². The van der Waals surface area contributed by atoms with E-state index >= 15 is 0 Å². The predicted molar refractivity (Wildman–Crippen MR) is 77.1 cm³/mol. The van der Waals surface area contributed by atoms with Gasteiger partial charge in [-0.2, -0.15) is 5.10 Å². The SMILES string of the molecule is CCc1ccc2nc(-c3cc(CC)nn3C)[nH]c2c1. The second-order valence-corrected chi connectivity index (χ2v) is 4.79. The number of aryl methyl sites for hydroxylation is 3. The molecule has 0 atom stereocenters. The summed E-state index contributed by atoms with van der Waals surface area (Å²) in [4.78, 5) is 8.04. The average molecular weight is 254 g/mol. The summed E-state index contributed by atoms with van der Waals surface area (Å²) in [7, 11) is 1.96. The highest BCUT2D eigenvalue weighted by Crippen LogP contribution is 2.22. The first-order valence-electron chi connectivity index (χ1n) is 6.73. The van der Waals surface area contributed by atoms with Gasteiger partial charge in [0.25, 0.3) is 0 Å². The average Bonchev–Trinajstić information content (AvgIpc) is 3.00. The van der Waals surface area contributed by atoms with E-state index in [0.717, 1.165) is 41.1 Å².